The molecule has 8 heteroatoms. The highest BCUT2D eigenvalue weighted by Gasteiger charge is 2.15. The Bertz CT molecular complexity index is 1010. The number of halogens is 3. The summed E-state index contributed by atoms with van der Waals surface area (Å²) >= 11 is 0. The van der Waals surface area contributed by atoms with Crippen molar-refractivity contribution in [1.29, 1.82) is 0 Å². The van der Waals surface area contributed by atoms with Gasteiger partial charge < -0.3 is 10.6 Å². The van der Waals surface area contributed by atoms with Crippen LogP contribution in [0.4, 0.5) is 30.5 Å². The van der Waals surface area contributed by atoms with Gasteiger partial charge in [-0.05, 0) is 43.2 Å². The van der Waals surface area contributed by atoms with Crippen LogP contribution in [0.3, 0.4) is 0 Å². The Kier molecular flexibility index (Phi) is 5.07. The number of carbonyl (C=O) groups excluding carboxylic acids is 1. The Morgan fingerprint density at radius 3 is 2.33 bits per heavy atom. The molecule has 0 spiro atoms. The van der Waals surface area contributed by atoms with Gasteiger partial charge in [0, 0.05) is 18.1 Å². The molecule has 138 valence electrons. The van der Waals surface area contributed by atoms with Gasteiger partial charge in [0.15, 0.2) is 17.5 Å². The van der Waals surface area contributed by atoms with Crippen LogP contribution in [0.2, 0.25) is 0 Å². The number of carbonyl (C=O) groups is 1. The van der Waals surface area contributed by atoms with E-state index in [9.17, 15) is 18.0 Å². The van der Waals surface area contributed by atoms with E-state index in [0.29, 0.717) is 5.69 Å². The quantitative estimate of drug-likeness (QED) is 0.662. The first-order valence-electron chi connectivity index (χ1n) is 7.97. The van der Waals surface area contributed by atoms with Gasteiger partial charge >= 0.3 is 0 Å². The van der Waals surface area contributed by atoms with Crippen LogP contribution in [0.1, 0.15) is 21.5 Å². The Morgan fingerprint density at radius 2 is 1.63 bits per heavy atom. The number of hydrogen-bond donors (Lipinski definition) is 2. The minimum Gasteiger partial charge on any atom is -0.322 e. The maximum atomic E-state index is 13.7. The summed E-state index contributed by atoms with van der Waals surface area (Å²) in [6, 6.07) is 7.36. The number of rotatable bonds is 4. The lowest BCUT2D eigenvalue weighted by atomic mass is 10.1. The summed E-state index contributed by atoms with van der Waals surface area (Å²) in [6.45, 7) is 3.83. The smallest absolute Gasteiger partial charge is 0.258 e. The van der Waals surface area contributed by atoms with Crippen molar-refractivity contribution in [2.75, 3.05) is 10.6 Å². The van der Waals surface area contributed by atoms with Crippen molar-refractivity contribution >= 4 is 23.2 Å². The Balaban J connectivity index is 1.74. The van der Waals surface area contributed by atoms with E-state index < -0.39 is 23.4 Å². The van der Waals surface area contributed by atoms with Crippen molar-refractivity contribution in [3.05, 3.63) is 76.9 Å². The molecular formula is C19H15F3N4O. The summed E-state index contributed by atoms with van der Waals surface area (Å²) in [4.78, 5) is 20.1. The molecule has 0 bridgehead atoms. The van der Waals surface area contributed by atoms with Crippen LogP contribution >= 0.6 is 0 Å². The summed E-state index contributed by atoms with van der Waals surface area (Å²) in [5.74, 6) is -4.74. The number of aromatic nitrogens is 2. The highest BCUT2D eigenvalue weighted by molar-refractivity contribution is 6.04. The van der Waals surface area contributed by atoms with Crippen LogP contribution in [0.15, 0.2) is 42.7 Å². The van der Waals surface area contributed by atoms with Crippen molar-refractivity contribution in [3.8, 4) is 0 Å². The van der Waals surface area contributed by atoms with Crippen LogP contribution in [-0.2, 0) is 0 Å². The fourth-order valence-corrected chi connectivity index (χ4v) is 2.33. The van der Waals surface area contributed by atoms with E-state index in [-0.39, 0.29) is 17.2 Å². The van der Waals surface area contributed by atoms with Crippen LogP contribution in [0.5, 0.6) is 0 Å². The highest BCUT2D eigenvalue weighted by Crippen LogP contribution is 2.22. The third-order valence-electron chi connectivity index (χ3n) is 4.05. The zero-order chi connectivity index (χ0) is 19.6. The van der Waals surface area contributed by atoms with Crippen molar-refractivity contribution in [3.63, 3.8) is 0 Å². The fourth-order valence-electron chi connectivity index (χ4n) is 2.33. The zero-order valence-electron chi connectivity index (χ0n) is 14.5. The van der Waals surface area contributed by atoms with Crippen LogP contribution in [0.25, 0.3) is 0 Å². The second-order valence-electron chi connectivity index (χ2n) is 5.84. The molecule has 0 fully saturated rings. The van der Waals surface area contributed by atoms with Gasteiger partial charge in [-0.3, -0.25) is 4.79 Å². The molecule has 1 amide bonds. The summed E-state index contributed by atoms with van der Waals surface area (Å²) in [7, 11) is 0. The SMILES string of the molecule is Cc1cccc(NC(=O)c2cnc(Nc3ccc(F)c(F)c3F)nc2)c1C. The number of anilines is 3. The topological polar surface area (TPSA) is 66.9 Å². The molecule has 0 aliphatic rings. The first-order valence-corrected chi connectivity index (χ1v) is 7.97. The molecule has 27 heavy (non-hydrogen) atoms. The molecule has 3 aromatic rings. The van der Waals surface area contributed by atoms with Gasteiger partial charge in [-0.2, -0.15) is 0 Å². The van der Waals surface area contributed by atoms with Crippen LogP contribution in [-0.4, -0.2) is 15.9 Å². The van der Waals surface area contributed by atoms with Gasteiger partial charge in [-0.25, -0.2) is 23.1 Å². The van der Waals surface area contributed by atoms with Gasteiger partial charge in [-0.1, -0.05) is 12.1 Å². The molecule has 2 N–H and O–H groups in total. The van der Waals surface area contributed by atoms with Crippen LogP contribution < -0.4 is 10.6 Å². The lowest BCUT2D eigenvalue weighted by Gasteiger charge is -2.10. The predicted octanol–water partition coefficient (Wildman–Crippen LogP) is 4.51. The molecule has 0 aliphatic heterocycles. The van der Waals surface area contributed by atoms with E-state index in [1.165, 1.54) is 12.4 Å². The molecule has 5 nitrogen and oxygen atoms in total. The van der Waals surface area contributed by atoms with Gasteiger partial charge in [0.25, 0.3) is 5.91 Å². The van der Waals surface area contributed by atoms with Crippen LogP contribution in [0, 0.1) is 31.3 Å². The van der Waals surface area contributed by atoms with Gasteiger partial charge in [0.2, 0.25) is 5.95 Å². The van der Waals surface area contributed by atoms with Crippen molar-refractivity contribution in [2.24, 2.45) is 0 Å². The Morgan fingerprint density at radius 1 is 0.926 bits per heavy atom. The Labute approximate surface area is 153 Å². The number of amides is 1. The molecule has 0 saturated carbocycles. The van der Waals surface area contributed by atoms with E-state index in [4.69, 9.17) is 0 Å². The molecule has 2 aromatic carbocycles. The van der Waals surface area contributed by atoms with E-state index in [2.05, 4.69) is 20.6 Å². The third kappa shape index (κ3) is 3.89. The molecule has 1 aromatic heterocycles. The average molecular weight is 372 g/mol. The molecule has 0 radical (unpaired) electrons. The minimum atomic E-state index is -1.59. The van der Waals surface area contributed by atoms with E-state index in [0.717, 1.165) is 23.3 Å². The van der Waals surface area contributed by atoms with Crippen molar-refractivity contribution in [2.45, 2.75) is 13.8 Å². The fraction of sp³-hybridized carbons (Fsp3) is 0.105. The van der Waals surface area contributed by atoms with Crippen molar-refractivity contribution < 1.29 is 18.0 Å². The van der Waals surface area contributed by atoms with Gasteiger partial charge in [-0.15, -0.1) is 0 Å². The second kappa shape index (κ2) is 7.45. The first kappa shape index (κ1) is 18.4. The summed E-state index contributed by atoms with van der Waals surface area (Å²) in [6.07, 6.45) is 2.49. The maximum absolute atomic E-state index is 13.7. The van der Waals surface area contributed by atoms with E-state index in [1.54, 1.807) is 6.07 Å². The number of hydrogen-bond acceptors (Lipinski definition) is 4. The molecular weight excluding hydrogens is 357 g/mol. The maximum Gasteiger partial charge on any atom is 0.258 e. The lowest BCUT2D eigenvalue weighted by molar-refractivity contribution is 0.102. The highest BCUT2D eigenvalue weighted by atomic mass is 19.2. The predicted molar refractivity (Wildman–Crippen MR) is 95.5 cm³/mol. The molecule has 0 unspecified atom stereocenters. The minimum absolute atomic E-state index is 0.0665. The standard InChI is InChI=1S/C19H15F3N4O/c1-10-4-3-5-14(11(10)2)25-18(27)12-8-23-19(24-9-12)26-15-7-6-13(20)16(21)17(15)22/h3-9H,1-2H3,(H,25,27)(H,23,24,26). The van der Waals surface area contributed by atoms with E-state index in [1.807, 2.05) is 26.0 Å². The first-order chi connectivity index (χ1) is 12.9. The molecule has 1 heterocycles. The molecule has 3 rings (SSSR count). The number of benzene rings is 2. The molecule has 0 saturated heterocycles. The van der Waals surface area contributed by atoms with Gasteiger partial charge in [0.1, 0.15) is 0 Å². The molecule has 0 aliphatic carbocycles. The second-order valence-corrected chi connectivity index (χ2v) is 5.84. The number of nitrogens with one attached hydrogen (secondary N) is 2. The summed E-state index contributed by atoms with van der Waals surface area (Å²) < 4.78 is 39.9. The number of aryl methyl sites for hydroxylation is 1. The van der Waals surface area contributed by atoms with Crippen molar-refractivity contribution in [1.82, 2.24) is 9.97 Å². The number of nitrogens with zero attached hydrogens (tertiary/aromatic N) is 2. The summed E-state index contributed by atoms with van der Waals surface area (Å²) in [5.41, 5.74) is 2.52. The zero-order valence-corrected chi connectivity index (χ0v) is 14.5. The normalized spacial score (nSPS) is 10.6. The Hall–Kier alpha value is -3.42. The summed E-state index contributed by atoms with van der Waals surface area (Å²) in [5, 5.41) is 5.21. The monoisotopic (exact) mass is 372 g/mol. The van der Waals surface area contributed by atoms with Gasteiger partial charge in [0.05, 0.1) is 11.3 Å². The largest absolute Gasteiger partial charge is 0.322 e. The third-order valence-corrected chi connectivity index (χ3v) is 4.05. The lowest BCUT2D eigenvalue weighted by Crippen LogP contribution is -2.14. The average Bonchev–Trinajstić information content (AvgIpc) is 2.66. The molecule has 0 atom stereocenters. The van der Waals surface area contributed by atoms with E-state index >= 15 is 0 Å².